The Hall–Kier alpha value is -1.23. The second-order valence-corrected chi connectivity index (χ2v) is 4.24. The normalized spacial score (nSPS) is 17.2. The second kappa shape index (κ2) is 5.75. The summed E-state index contributed by atoms with van der Waals surface area (Å²) in [7, 11) is 0. The van der Waals surface area contributed by atoms with E-state index >= 15 is 0 Å². The number of amides is 1. The van der Waals surface area contributed by atoms with Gasteiger partial charge in [-0.3, -0.25) is 19.3 Å². The van der Waals surface area contributed by atoms with Crippen LogP contribution < -0.4 is 0 Å². The summed E-state index contributed by atoms with van der Waals surface area (Å²) >= 11 is 0. The molecule has 1 rings (SSSR count). The predicted molar refractivity (Wildman–Crippen MR) is 59.0 cm³/mol. The zero-order chi connectivity index (χ0) is 12.1. The quantitative estimate of drug-likeness (QED) is 0.617. The Morgan fingerprint density at radius 1 is 0.938 bits per heavy atom. The van der Waals surface area contributed by atoms with Crippen molar-refractivity contribution in [3.63, 3.8) is 0 Å². The first-order valence-electron chi connectivity index (χ1n) is 5.48. The van der Waals surface area contributed by atoms with Gasteiger partial charge in [0.25, 0.3) is 0 Å². The minimum Gasteiger partial charge on any atom is -0.340 e. The summed E-state index contributed by atoms with van der Waals surface area (Å²) in [4.78, 5) is 37.0. The maximum absolute atomic E-state index is 11.6. The fourth-order valence-electron chi connectivity index (χ4n) is 1.80. The standard InChI is InChI=1S/C11H18N2O3/c1-9(14)7-11(16)13-5-3-12(4-6-13)8-10(2)15/h3-8H2,1-2H3. The van der Waals surface area contributed by atoms with Crippen LogP contribution in [-0.4, -0.2) is 60.0 Å². The highest BCUT2D eigenvalue weighted by molar-refractivity contribution is 5.96. The fourth-order valence-corrected chi connectivity index (χ4v) is 1.80. The van der Waals surface area contributed by atoms with E-state index in [0.29, 0.717) is 32.7 Å². The van der Waals surface area contributed by atoms with Crippen LogP contribution in [-0.2, 0) is 14.4 Å². The van der Waals surface area contributed by atoms with Gasteiger partial charge in [0.1, 0.15) is 11.6 Å². The van der Waals surface area contributed by atoms with Gasteiger partial charge in [0.05, 0.1) is 13.0 Å². The molecule has 1 saturated heterocycles. The molecule has 0 aromatic carbocycles. The second-order valence-electron chi connectivity index (χ2n) is 4.24. The molecular formula is C11H18N2O3. The van der Waals surface area contributed by atoms with Crippen LogP contribution in [0.15, 0.2) is 0 Å². The Labute approximate surface area is 95.4 Å². The van der Waals surface area contributed by atoms with Crippen LogP contribution >= 0.6 is 0 Å². The number of hydrogen-bond donors (Lipinski definition) is 0. The van der Waals surface area contributed by atoms with Crippen LogP contribution in [0.3, 0.4) is 0 Å². The van der Waals surface area contributed by atoms with Crippen molar-refractivity contribution in [3.8, 4) is 0 Å². The molecule has 0 spiro atoms. The molecule has 1 aliphatic heterocycles. The number of piperazine rings is 1. The number of nitrogens with zero attached hydrogens (tertiary/aromatic N) is 2. The Bertz CT molecular complexity index is 294. The van der Waals surface area contributed by atoms with Crippen LogP contribution in [0.1, 0.15) is 20.3 Å². The molecule has 1 aliphatic rings. The van der Waals surface area contributed by atoms with E-state index in [1.807, 2.05) is 4.90 Å². The predicted octanol–water partition coefficient (Wildman–Crippen LogP) is -0.301. The van der Waals surface area contributed by atoms with Crippen LogP contribution in [0.2, 0.25) is 0 Å². The summed E-state index contributed by atoms with van der Waals surface area (Å²) in [6, 6.07) is 0. The molecule has 0 saturated carbocycles. The van der Waals surface area contributed by atoms with Gasteiger partial charge in [-0.1, -0.05) is 0 Å². The third kappa shape index (κ3) is 4.10. The van der Waals surface area contributed by atoms with Gasteiger partial charge in [0.15, 0.2) is 0 Å². The van der Waals surface area contributed by atoms with Gasteiger partial charge in [-0.2, -0.15) is 0 Å². The van der Waals surface area contributed by atoms with E-state index in [2.05, 4.69) is 0 Å². The number of Topliss-reactive ketones (excluding diaryl/α,β-unsaturated/α-hetero) is 2. The Morgan fingerprint density at radius 3 is 1.94 bits per heavy atom. The molecular weight excluding hydrogens is 208 g/mol. The van der Waals surface area contributed by atoms with E-state index < -0.39 is 0 Å². The van der Waals surface area contributed by atoms with Gasteiger partial charge in [0, 0.05) is 26.2 Å². The van der Waals surface area contributed by atoms with Gasteiger partial charge >= 0.3 is 0 Å². The fraction of sp³-hybridized carbons (Fsp3) is 0.727. The molecule has 90 valence electrons. The number of carbonyl (C=O) groups is 3. The topological polar surface area (TPSA) is 57.7 Å². The number of rotatable bonds is 4. The molecule has 5 heteroatoms. The molecule has 0 radical (unpaired) electrons. The molecule has 1 heterocycles. The van der Waals surface area contributed by atoms with Gasteiger partial charge in [-0.15, -0.1) is 0 Å². The summed E-state index contributed by atoms with van der Waals surface area (Å²) in [5.74, 6) is -0.0605. The van der Waals surface area contributed by atoms with Crippen molar-refractivity contribution in [2.75, 3.05) is 32.7 Å². The smallest absolute Gasteiger partial charge is 0.230 e. The average Bonchev–Trinajstić information content (AvgIpc) is 2.16. The maximum atomic E-state index is 11.6. The largest absolute Gasteiger partial charge is 0.340 e. The SMILES string of the molecule is CC(=O)CC(=O)N1CCN(CC(C)=O)CC1. The van der Waals surface area contributed by atoms with E-state index in [-0.39, 0.29) is 23.9 Å². The highest BCUT2D eigenvalue weighted by Gasteiger charge is 2.21. The Kier molecular flexibility index (Phi) is 4.61. The van der Waals surface area contributed by atoms with Gasteiger partial charge in [-0.25, -0.2) is 0 Å². The average molecular weight is 226 g/mol. The van der Waals surface area contributed by atoms with E-state index in [1.165, 1.54) is 6.92 Å². The summed E-state index contributed by atoms with van der Waals surface area (Å²) in [6.45, 7) is 6.08. The summed E-state index contributed by atoms with van der Waals surface area (Å²) in [5, 5.41) is 0. The molecule has 1 fully saturated rings. The van der Waals surface area contributed by atoms with Crippen LogP contribution in [0, 0.1) is 0 Å². The lowest BCUT2D eigenvalue weighted by Gasteiger charge is -2.34. The molecule has 1 amide bonds. The highest BCUT2D eigenvalue weighted by Crippen LogP contribution is 2.04. The summed E-state index contributed by atoms with van der Waals surface area (Å²) < 4.78 is 0. The van der Waals surface area contributed by atoms with E-state index in [1.54, 1.807) is 11.8 Å². The first-order chi connectivity index (χ1) is 7.49. The lowest BCUT2D eigenvalue weighted by atomic mass is 10.2. The molecule has 0 bridgehead atoms. The summed E-state index contributed by atoms with van der Waals surface area (Å²) in [6.07, 6.45) is -0.00723. The highest BCUT2D eigenvalue weighted by atomic mass is 16.2. The third-order valence-electron chi connectivity index (χ3n) is 2.57. The molecule has 16 heavy (non-hydrogen) atoms. The zero-order valence-electron chi connectivity index (χ0n) is 9.86. The summed E-state index contributed by atoms with van der Waals surface area (Å²) in [5.41, 5.74) is 0. The number of ketones is 2. The molecule has 0 atom stereocenters. The molecule has 0 N–H and O–H groups in total. The Balaban J connectivity index is 2.34. The molecule has 0 aliphatic carbocycles. The lowest BCUT2D eigenvalue weighted by molar-refractivity contribution is -0.136. The van der Waals surface area contributed by atoms with Crippen LogP contribution in [0.5, 0.6) is 0 Å². The molecule has 0 unspecified atom stereocenters. The van der Waals surface area contributed by atoms with Crippen LogP contribution in [0.4, 0.5) is 0 Å². The van der Waals surface area contributed by atoms with Crippen molar-refractivity contribution in [2.24, 2.45) is 0 Å². The molecule has 0 aromatic rings. The van der Waals surface area contributed by atoms with Crippen molar-refractivity contribution in [1.82, 2.24) is 9.80 Å². The van der Waals surface area contributed by atoms with Gasteiger partial charge in [-0.05, 0) is 13.8 Å². The molecule has 5 nitrogen and oxygen atoms in total. The van der Waals surface area contributed by atoms with Gasteiger partial charge in [0.2, 0.25) is 5.91 Å². The van der Waals surface area contributed by atoms with Gasteiger partial charge < -0.3 is 4.90 Å². The zero-order valence-corrected chi connectivity index (χ0v) is 9.86. The first-order valence-corrected chi connectivity index (χ1v) is 5.48. The van der Waals surface area contributed by atoms with E-state index in [9.17, 15) is 14.4 Å². The van der Waals surface area contributed by atoms with E-state index in [4.69, 9.17) is 0 Å². The van der Waals surface area contributed by atoms with Crippen molar-refractivity contribution in [2.45, 2.75) is 20.3 Å². The number of hydrogen-bond acceptors (Lipinski definition) is 4. The lowest BCUT2D eigenvalue weighted by Crippen LogP contribution is -2.49. The molecule has 0 aromatic heterocycles. The van der Waals surface area contributed by atoms with Crippen LogP contribution in [0.25, 0.3) is 0 Å². The van der Waals surface area contributed by atoms with Crippen molar-refractivity contribution >= 4 is 17.5 Å². The monoisotopic (exact) mass is 226 g/mol. The van der Waals surface area contributed by atoms with Crippen molar-refractivity contribution in [1.29, 1.82) is 0 Å². The minimum absolute atomic E-state index is 0.00723. The maximum Gasteiger partial charge on any atom is 0.230 e. The van der Waals surface area contributed by atoms with Crippen molar-refractivity contribution in [3.05, 3.63) is 0 Å². The minimum atomic E-state index is -0.102. The number of carbonyl (C=O) groups excluding carboxylic acids is 3. The Morgan fingerprint density at radius 2 is 1.50 bits per heavy atom. The van der Waals surface area contributed by atoms with E-state index in [0.717, 1.165) is 0 Å². The first kappa shape index (κ1) is 12.8. The van der Waals surface area contributed by atoms with Crippen molar-refractivity contribution < 1.29 is 14.4 Å². The third-order valence-corrected chi connectivity index (χ3v) is 2.57.